The molecule has 3 rings (SSSR count). The molecule has 0 aliphatic carbocycles. The molecule has 0 amide bonds. The summed E-state index contributed by atoms with van der Waals surface area (Å²) in [5.41, 5.74) is 5.01. The fourth-order valence-corrected chi connectivity index (χ4v) is 2.94. The predicted molar refractivity (Wildman–Crippen MR) is 83.4 cm³/mol. The summed E-state index contributed by atoms with van der Waals surface area (Å²) in [6, 6.07) is 10.1. The van der Waals surface area contributed by atoms with Crippen molar-refractivity contribution in [3.8, 4) is 5.69 Å². The zero-order chi connectivity index (χ0) is 13.6. The number of hydrogen-bond acceptors (Lipinski definition) is 2. The Bertz CT molecular complexity index is 832. The van der Waals surface area contributed by atoms with Gasteiger partial charge in [-0.3, -0.25) is 4.57 Å². The summed E-state index contributed by atoms with van der Waals surface area (Å²) in [6.07, 6.45) is 0. The van der Waals surface area contributed by atoms with Gasteiger partial charge < -0.3 is 4.98 Å². The topological polar surface area (TPSA) is 33.6 Å². The highest BCUT2D eigenvalue weighted by Gasteiger charge is 2.10. The summed E-state index contributed by atoms with van der Waals surface area (Å²) in [5, 5.41) is 0. The highest BCUT2D eigenvalue weighted by molar-refractivity contribution is 9.10. The number of rotatable bonds is 1. The van der Waals surface area contributed by atoms with E-state index in [4.69, 9.17) is 12.2 Å². The molecule has 5 heteroatoms. The maximum Gasteiger partial charge on any atom is 0.184 e. The van der Waals surface area contributed by atoms with Crippen LogP contribution in [0.15, 0.2) is 34.8 Å². The number of nitrogens with zero attached hydrogens (tertiary/aromatic N) is 2. The molecule has 0 spiro atoms. The first-order valence-corrected chi connectivity index (χ1v) is 7.11. The average molecular weight is 334 g/mol. The number of aromatic nitrogens is 3. The lowest BCUT2D eigenvalue weighted by atomic mass is 10.2. The lowest BCUT2D eigenvalue weighted by Gasteiger charge is -2.08. The van der Waals surface area contributed by atoms with Crippen molar-refractivity contribution >= 4 is 39.3 Å². The van der Waals surface area contributed by atoms with Gasteiger partial charge in [0.2, 0.25) is 0 Å². The molecule has 0 unspecified atom stereocenters. The number of pyridine rings is 1. The summed E-state index contributed by atoms with van der Waals surface area (Å²) >= 11 is 8.91. The first-order chi connectivity index (χ1) is 9.06. The molecule has 0 fully saturated rings. The predicted octanol–water partition coefficient (Wildman–Crippen LogP) is 4.46. The van der Waals surface area contributed by atoms with Crippen LogP contribution in [0.5, 0.6) is 0 Å². The Labute approximate surface area is 124 Å². The molecule has 2 aromatic heterocycles. The molecule has 0 bridgehead atoms. The zero-order valence-corrected chi connectivity index (χ0v) is 13.0. The van der Waals surface area contributed by atoms with Crippen LogP contribution in [0, 0.1) is 18.6 Å². The second-order valence-corrected chi connectivity index (χ2v) is 5.82. The second-order valence-electron chi connectivity index (χ2n) is 4.52. The van der Waals surface area contributed by atoms with E-state index in [9.17, 15) is 0 Å². The van der Waals surface area contributed by atoms with Crippen LogP contribution in [0.4, 0.5) is 0 Å². The second kappa shape index (κ2) is 4.58. The molecule has 19 heavy (non-hydrogen) atoms. The molecule has 3 aromatic rings. The third-order valence-electron chi connectivity index (χ3n) is 3.07. The van der Waals surface area contributed by atoms with E-state index >= 15 is 0 Å². The van der Waals surface area contributed by atoms with Crippen LogP contribution < -0.4 is 0 Å². The molecule has 3 nitrogen and oxygen atoms in total. The van der Waals surface area contributed by atoms with E-state index in [1.54, 1.807) is 0 Å². The molecule has 0 aliphatic heterocycles. The van der Waals surface area contributed by atoms with Crippen LogP contribution in [0.1, 0.15) is 11.3 Å². The molecule has 96 valence electrons. The molecule has 1 aromatic carbocycles. The summed E-state index contributed by atoms with van der Waals surface area (Å²) in [5.74, 6) is 0. The maximum absolute atomic E-state index is 5.43. The van der Waals surface area contributed by atoms with Gasteiger partial charge in [0.25, 0.3) is 0 Å². The van der Waals surface area contributed by atoms with Crippen molar-refractivity contribution < 1.29 is 0 Å². The normalized spacial score (nSPS) is 11.1. The molecule has 0 atom stereocenters. The van der Waals surface area contributed by atoms with E-state index in [0.29, 0.717) is 4.77 Å². The molecule has 0 radical (unpaired) electrons. The van der Waals surface area contributed by atoms with Gasteiger partial charge in [0.05, 0.1) is 11.2 Å². The van der Waals surface area contributed by atoms with Crippen molar-refractivity contribution in [1.29, 1.82) is 0 Å². The number of H-pyrrole nitrogens is 1. The van der Waals surface area contributed by atoms with Gasteiger partial charge in [0, 0.05) is 10.2 Å². The van der Waals surface area contributed by atoms with Gasteiger partial charge >= 0.3 is 0 Å². The molecular formula is C14H12BrN3S. The minimum Gasteiger partial charge on any atom is -0.329 e. The van der Waals surface area contributed by atoms with Crippen molar-refractivity contribution in [2.75, 3.05) is 0 Å². The van der Waals surface area contributed by atoms with E-state index in [-0.39, 0.29) is 0 Å². The Hall–Kier alpha value is -1.46. The molecule has 1 N–H and O–H groups in total. The number of fused-ring (bicyclic) bond motifs is 1. The Morgan fingerprint density at radius 3 is 2.74 bits per heavy atom. The molecular weight excluding hydrogens is 322 g/mol. The van der Waals surface area contributed by atoms with Crippen molar-refractivity contribution in [2.45, 2.75) is 13.8 Å². The van der Waals surface area contributed by atoms with Crippen LogP contribution in [0.3, 0.4) is 0 Å². The van der Waals surface area contributed by atoms with Crippen LogP contribution in [-0.2, 0) is 0 Å². The SMILES string of the molecule is Cc1ccc2[nH]c(=S)n(-c3ccc(Br)cc3C)c2n1. The first-order valence-electron chi connectivity index (χ1n) is 5.91. The molecule has 0 saturated heterocycles. The van der Waals surface area contributed by atoms with Crippen molar-refractivity contribution in [3.63, 3.8) is 0 Å². The number of nitrogens with one attached hydrogen (secondary N) is 1. The Morgan fingerprint density at radius 1 is 1.21 bits per heavy atom. The average Bonchev–Trinajstić information content (AvgIpc) is 2.65. The first kappa shape index (κ1) is 12.6. The Morgan fingerprint density at radius 2 is 2.00 bits per heavy atom. The summed E-state index contributed by atoms with van der Waals surface area (Å²) in [6.45, 7) is 4.05. The van der Waals surface area contributed by atoms with Crippen molar-refractivity contribution in [2.24, 2.45) is 0 Å². The monoisotopic (exact) mass is 333 g/mol. The van der Waals surface area contributed by atoms with E-state index < -0.39 is 0 Å². The third-order valence-corrected chi connectivity index (χ3v) is 3.85. The van der Waals surface area contributed by atoms with Crippen LogP contribution >= 0.6 is 28.1 Å². The standard InChI is InChI=1S/C14H12BrN3S/c1-8-7-10(15)4-6-12(8)18-13-11(17-14(18)19)5-3-9(2)16-13/h3-7H,1-2H3,(H,17,19). The van der Waals surface area contributed by atoms with Gasteiger partial charge in [-0.1, -0.05) is 15.9 Å². The lowest BCUT2D eigenvalue weighted by Crippen LogP contribution is -1.98. The van der Waals surface area contributed by atoms with Crippen LogP contribution in [0.2, 0.25) is 0 Å². The van der Waals surface area contributed by atoms with Gasteiger partial charge in [-0.25, -0.2) is 4.98 Å². The van der Waals surface area contributed by atoms with Crippen molar-refractivity contribution in [1.82, 2.24) is 14.5 Å². The van der Waals surface area contributed by atoms with Gasteiger partial charge in [-0.05, 0) is 62.0 Å². The van der Waals surface area contributed by atoms with Crippen molar-refractivity contribution in [3.05, 3.63) is 50.8 Å². The highest BCUT2D eigenvalue weighted by Crippen LogP contribution is 2.23. The van der Waals surface area contributed by atoms with Crippen LogP contribution in [0.25, 0.3) is 16.9 Å². The van der Waals surface area contributed by atoms with Gasteiger partial charge in [0.1, 0.15) is 0 Å². The van der Waals surface area contributed by atoms with Gasteiger partial charge in [-0.2, -0.15) is 0 Å². The zero-order valence-electron chi connectivity index (χ0n) is 10.6. The number of imidazole rings is 1. The highest BCUT2D eigenvalue weighted by atomic mass is 79.9. The number of benzene rings is 1. The van der Waals surface area contributed by atoms with E-state index in [1.165, 1.54) is 0 Å². The smallest absolute Gasteiger partial charge is 0.184 e. The minimum absolute atomic E-state index is 0.665. The Kier molecular flexibility index (Phi) is 3.03. The summed E-state index contributed by atoms with van der Waals surface area (Å²) in [7, 11) is 0. The quantitative estimate of drug-likeness (QED) is 0.667. The van der Waals surface area contributed by atoms with E-state index in [1.807, 2.05) is 35.8 Å². The Balaban J connectivity index is 2.38. The largest absolute Gasteiger partial charge is 0.329 e. The van der Waals surface area contributed by atoms with Gasteiger partial charge in [-0.15, -0.1) is 0 Å². The molecule has 0 aliphatic rings. The lowest BCUT2D eigenvalue weighted by molar-refractivity contribution is 1.02. The fraction of sp³-hybridized carbons (Fsp3) is 0.143. The number of halogens is 1. The number of hydrogen-bond donors (Lipinski definition) is 1. The molecule has 2 heterocycles. The number of aryl methyl sites for hydroxylation is 2. The third kappa shape index (κ3) is 2.13. The minimum atomic E-state index is 0.665. The van der Waals surface area contributed by atoms with Gasteiger partial charge in [0.15, 0.2) is 10.4 Å². The van der Waals surface area contributed by atoms with E-state index in [0.717, 1.165) is 32.6 Å². The maximum atomic E-state index is 5.43. The fourth-order valence-electron chi connectivity index (χ4n) is 2.17. The summed E-state index contributed by atoms with van der Waals surface area (Å²) in [4.78, 5) is 7.79. The van der Waals surface area contributed by atoms with E-state index in [2.05, 4.69) is 38.9 Å². The molecule has 0 saturated carbocycles. The number of aromatic amines is 1. The van der Waals surface area contributed by atoms with Crippen LogP contribution in [-0.4, -0.2) is 14.5 Å². The summed E-state index contributed by atoms with van der Waals surface area (Å²) < 4.78 is 3.71.